The molecule has 4 nitrogen and oxygen atoms in total. The van der Waals surface area contributed by atoms with Gasteiger partial charge in [0.2, 0.25) is 0 Å². The third-order valence-corrected chi connectivity index (χ3v) is 6.91. The smallest absolute Gasteiger partial charge is 0.314 e. The van der Waals surface area contributed by atoms with Crippen molar-refractivity contribution >= 4 is 5.97 Å². The maximum absolute atomic E-state index is 15.1. The highest BCUT2D eigenvalue weighted by Gasteiger charge is 2.31. The summed E-state index contributed by atoms with van der Waals surface area (Å²) in [5.41, 5.74) is 1.70. The zero-order chi connectivity index (χ0) is 25.8. The summed E-state index contributed by atoms with van der Waals surface area (Å²) in [7, 11) is 0. The first-order valence-corrected chi connectivity index (χ1v) is 12.2. The third kappa shape index (κ3) is 5.57. The summed E-state index contributed by atoms with van der Waals surface area (Å²) in [6.07, 6.45) is 2.64. The molecule has 3 aromatic rings. The number of aliphatic hydroxyl groups excluding tert-OH is 1. The van der Waals surface area contributed by atoms with Gasteiger partial charge in [-0.15, -0.1) is 0 Å². The van der Waals surface area contributed by atoms with Crippen molar-refractivity contribution in [3.8, 4) is 22.6 Å². The van der Waals surface area contributed by atoms with E-state index in [0.717, 1.165) is 18.1 Å². The second kappa shape index (κ2) is 11.2. The molecule has 0 radical (unpaired) electrons. The van der Waals surface area contributed by atoms with E-state index in [0.29, 0.717) is 37.7 Å². The molecule has 3 aromatic carbocycles. The van der Waals surface area contributed by atoms with Gasteiger partial charge in [0.1, 0.15) is 5.75 Å². The quantitative estimate of drug-likeness (QED) is 0.267. The number of aliphatic hydroxyl groups is 1. The highest BCUT2D eigenvalue weighted by atomic mass is 19.2. The minimum atomic E-state index is -0.918. The second-order valence-electron chi connectivity index (χ2n) is 9.34. The predicted octanol–water partition coefficient (Wildman–Crippen LogP) is 7.19. The second-order valence-corrected chi connectivity index (χ2v) is 9.34. The summed E-state index contributed by atoms with van der Waals surface area (Å²) in [5, 5.41) is 19.4. The van der Waals surface area contributed by atoms with Gasteiger partial charge < -0.3 is 14.9 Å². The van der Waals surface area contributed by atoms with E-state index >= 15 is 8.78 Å². The lowest BCUT2D eigenvalue weighted by atomic mass is 9.78. The molecule has 7 heteroatoms. The molecular formula is C29H29F3O4. The molecule has 1 fully saturated rings. The number of carbonyl (C=O) groups excluding carboxylic acids is 1. The number of halogens is 3. The molecule has 0 bridgehead atoms. The number of ether oxygens (including phenoxy) is 1. The zero-order valence-corrected chi connectivity index (χ0v) is 20.0. The van der Waals surface area contributed by atoms with Crippen LogP contribution in [0.3, 0.4) is 0 Å². The number of phenolic OH excluding ortho intramolecular Hbond substituents is 1. The monoisotopic (exact) mass is 498 g/mol. The molecule has 0 aliphatic heterocycles. The van der Waals surface area contributed by atoms with Crippen LogP contribution >= 0.6 is 0 Å². The van der Waals surface area contributed by atoms with Crippen LogP contribution in [0.15, 0.2) is 54.6 Å². The van der Waals surface area contributed by atoms with E-state index in [4.69, 9.17) is 4.74 Å². The van der Waals surface area contributed by atoms with E-state index in [1.165, 1.54) is 12.1 Å². The molecule has 36 heavy (non-hydrogen) atoms. The van der Waals surface area contributed by atoms with Crippen LogP contribution in [0.25, 0.3) is 11.1 Å². The number of phenols is 1. The van der Waals surface area contributed by atoms with Crippen LogP contribution in [-0.2, 0) is 4.79 Å². The van der Waals surface area contributed by atoms with Crippen LogP contribution in [-0.4, -0.2) is 16.2 Å². The van der Waals surface area contributed by atoms with Crippen molar-refractivity contribution in [3.05, 3.63) is 83.2 Å². The molecule has 0 spiro atoms. The van der Waals surface area contributed by atoms with E-state index < -0.39 is 35.4 Å². The van der Waals surface area contributed by atoms with Crippen LogP contribution < -0.4 is 4.74 Å². The summed E-state index contributed by atoms with van der Waals surface area (Å²) >= 11 is 0. The van der Waals surface area contributed by atoms with E-state index in [-0.39, 0.29) is 28.5 Å². The summed E-state index contributed by atoms with van der Waals surface area (Å²) < 4.78 is 49.1. The van der Waals surface area contributed by atoms with Crippen molar-refractivity contribution in [1.29, 1.82) is 0 Å². The molecule has 0 heterocycles. The highest BCUT2D eigenvalue weighted by Crippen LogP contribution is 2.39. The SMILES string of the molecule is CCCC(O)c1ccc(-c2ccc(C3CCC(C(=O)Oc4ccc(O)cc4F)CC3)c(F)c2F)cc1. The van der Waals surface area contributed by atoms with Crippen molar-refractivity contribution in [2.75, 3.05) is 0 Å². The number of benzene rings is 3. The highest BCUT2D eigenvalue weighted by molar-refractivity contribution is 5.75. The number of hydrogen-bond acceptors (Lipinski definition) is 4. The van der Waals surface area contributed by atoms with Gasteiger partial charge in [0.05, 0.1) is 12.0 Å². The van der Waals surface area contributed by atoms with Gasteiger partial charge in [0, 0.05) is 11.6 Å². The van der Waals surface area contributed by atoms with Crippen molar-refractivity contribution in [1.82, 2.24) is 0 Å². The van der Waals surface area contributed by atoms with E-state index in [1.54, 1.807) is 36.4 Å². The number of carbonyl (C=O) groups is 1. The van der Waals surface area contributed by atoms with Gasteiger partial charge in [-0.3, -0.25) is 4.79 Å². The van der Waals surface area contributed by atoms with Gasteiger partial charge in [-0.2, -0.15) is 0 Å². The molecule has 190 valence electrons. The lowest BCUT2D eigenvalue weighted by Gasteiger charge is -2.28. The van der Waals surface area contributed by atoms with Crippen LogP contribution in [0.4, 0.5) is 13.2 Å². The fraction of sp³-hybridized carbons (Fsp3) is 0.345. The molecule has 1 saturated carbocycles. The molecule has 1 aliphatic rings. The van der Waals surface area contributed by atoms with Gasteiger partial charge in [0.15, 0.2) is 23.2 Å². The van der Waals surface area contributed by atoms with Gasteiger partial charge in [-0.1, -0.05) is 49.7 Å². The molecular weight excluding hydrogens is 469 g/mol. The molecule has 1 atom stereocenters. The molecule has 4 rings (SSSR count). The Hall–Kier alpha value is -3.32. The summed E-state index contributed by atoms with van der Waals surface area (Å²) in [6, 6.07) is 13.3. The first-order valence-electron chi connectivity index (χ1n) is 12.2. The molecule has 0 amide bonds. The lowest BCUT2D eigenvalue weighted by molar-refractivity contribution is -0.140. The van der Waals surface area contributed by atoms with Crippen molar-refractivity contribution < 1.29 is 32.9 Å². The molecule has 1 aliphatic carbocycles. The fourth-order valence-corrected chi connectivity index (χ4v) is 4.83. The number of esters is 1. The molecule has 1 unspecified atom stereocenters. The van der Waals surface area contributed by atoms with Gasteiger partial charge >= 0.3 is 5.97 Å². The summed E-state index contributed by atoms with van der Waals surface area (Å²) in [6.45, 7) is 1.98. The summed E-state index contributed by atoms with van der Waals surface area (Å²) in [5.74, 6) is -4.45. The van der Waals surface area contributed by atoms with Crippen molar-refractivity contribution in [2.45, 2.75) is 57.5 Å². The van der Waals surface area contributed by atoms with Crippen LogP contribution in [0, 0.1) is 23.4 Å². The Morgan fingerprint density at radius 2 is 1.67 bits per heavy atom. The average Bonchev–Trinajstić information content (AvgIpc) is 2.88. The van der Waals surface area contributed by atoms with Gasteiger partial charge in [-0.05, 0) is 66.8 Å². The largest absolute Gasteiger partial charge is 0.508 e. The first-order chi connectivity index (χ1) is 17.3. The van der Waals surface area contributed by atoms with E-state index in [1.807, 2.05) is 6.92 Å². The standard InChI is InChI=1S/C29H29F3O4/c1-2-3-25(34)19-8-4-17(5-9-19)22-13-14-23(28(32)27(22)31)18-6-10-20(11-7-18)29(35)36-26-15-12-21(33)16-24(26)30/h4-5,8-9,12-16,18,20,25,33-34H,2-3,6-7,10-11H2,1H3. The van der Waals surface area contributed by atoms with Crippen molar-refractivity contribution in [3.63, 3.8) is 0 Å². The maximum atomic E-state index is 15.1. The average molecular weight is 499 g/mol. The van der Waals surface area contributed by atoms with Crippen LogP contribution in [0.2, 0.25) is 0 Å². The Morgan fingerprint density at radius 1 is 0.972 bits per heavy atom. The van der Waals surface area contributed by atoms with Gasteiger partial charge in [-0.25, -0.2) is 13.2 Å². The number of rotatable bonds is 7. The Kier molecular flexibility index (Phi) is 7.99. The lowest BCUT2D eigenvalue weighted by Crippen LogP contribution is -2.25. The Balaban J connectivity index is 1.41. The molecule has 0 saturated heterocycles. The minimum absolute atomic E-state index is 0.154. The maximum Gasteiger partial charge on any atom is 0.314 e. The number of aromatic hydroxyl groups is 1. The van der Waals surface area contributed by atoms with E-state index in [2.05, 4.69) is 0 Å². The third-order valence-electron chi connectivity index (χ3n) is 6.91. The topological polar surface area (TPSA) is 66.8 Å². The Labute approximate surface area is 208 Å². The predicted molar refractivity (Wildman–Crippen MR) is 130 cm³/mol. The Bertz CT molecular complexity index is 1220. The number of hydrogen-bond donors (Lipinski definition) is 2. The fourth-order valence-electron chi connectivity index (χ4n) is 4.83. The van der Waals surface area contributed by atoms with Crippen LogP contribution in [0.5, 0.6) is 11.5 Å². The van der Waals surface area contributed by atoms with Gasteiger partial charge in [0.25, 0.3) is 0 Å². The normalized spacial score (nSPS) is 18.6. The molecule has 2 N–H and O–H groups in total. The Morgan fingerprint density at radius 3 is 2.31 bits per heavy atom. The van der Waals surface area contributed by atoms with Crippen molar-refractivity contribution in [2.24, 2.45) is 5.92 Å². The molecule has 0 aromatic heterocycles. The first kappa shape index (κ1) is 25.8. The summed E-state index contributed by atoms with van der Waals surface area (Å²) in [4.78, 5) is 12.5. The minimum Gasteiger partial charge on any atom is -0.508 e. The zero-order valence-electron chi connectivity index (χ0n) is 20.0. The van der Waals surface area contributed by atoms with E-state index in [9.17, 15) is 19.4 Å². The van der Waals surface area contributed by atoms with Crippen LogP contribution in [0.1, 0.15) is 68.6 Å².